The molecule has 0 saturated carbocycles. The maximum Gasteiger partial charge on any atom is 0.274 e. The van der Waals surface area contributed by atoms with Crippen molar-refractivity contribution in [1.82, 2.24) is 5.16 Å². The van der Waals surface area contributed by atoms with Crippen molar-refractivity contribution in [3.8, 4) is 0 Å². The van der Waals surface area contributed by atoms with Crippen LogP contribution < -0.4 is 0 Å². The summed E-state index contributed by atoms with van der Waals surface area (Å²) in [6.45, 7) is 6.71. The smallest absolute Gasteiger partial charge is 0.274 e. The van der Waals surface area contributed by atoms with Crippen molar-refractivity contribution in [2.75, 3.05) is 0 Å². The summed E-state index contributed by atoms with van der Waals surface area (Å²) in [7, 11) is 0. The number of rotatable bonds is 1. The molecule has 1 heterocycles. The number of nitrogens with zero attached hydrogens (tertiary/aromatic N) is 2. The van der Waals surface area contributed by atoms with Crippen LogP contribution in [0.2, 0.25) is 0 Å². The van der Waals surface area contributed by atoms with Crippen LogP contribution in [0.3, 0.4) is 0 Å². The van der Waals surface area contributed by atoms with E-state index in [1.807, 2.05) is 0 Å². The van der Waals surface area contributed by atoms with Crippen LogP contribution in [0.1, 0.15) is 5.76 Å². The summed E-state index contributed by atoms with van der Waals surface area (Å²) in [5.74, 6) is 0.625. The highest BCUT2D eigenvalue weighted by molar-refractivity contribution is 4.94. The van der Waals surface area contributed by atoms with Gasteiger partial charge in [0, 0.05) is 6.07 Å². The maximum absolute atomic E-state index is 6.42. The minimum absolute atomic E-state index is 0.292. The van der Waals surface area contributed by atoms with Gasteiger partial charge in [-0.25, -0.2) is 6.57 Å². The van der Waals surface area contributed by atoms with E-state index >= 15 is 0 Å². The first kappa shape index (κ1) is 4.85. The summed E-state index contributed by atoms with van der Waals surface area (Å²) in [6, 6.07) is 1.68. The van der Waals surface area contributed by atoms with E-state index in [2.05, 4.69) is 14.5 Å². The Morgan fingerprint density at radius 2 is 2.75 bits per heavy atom. The maximum atomic E-state index is 6.42. The number of hydrogen-bond acceptors (Lipinski definition) is 2. The normalized spacial score (nSPS) is 8.38. The Morgan fingerprint density at radius 3 is 3.25 bits per heavy atom. The molecule has 0 atom stereocenters. The van der Waals surface area contributed by atoms with Crippen LogP contribution in [-0.4, -0.2) is 5.16 Å². The molecule has 1 aromatic heterocycles. The second-order valence-electron chi connectivity index (χ2n) is 1.29. The molecule has 0 N–H and O–H groups in total. The molecule has 8 heavy (non-hydrogen) atoms. The van der Waals surface area contributed by atoms with Crippen LogP contribution in [0.25, 0.3) is 4.85 Å². The van der Waals surface area contributed by atoms with Crippen LogP contribution in [0.4, 0.5) is 0 Å². The summed E-state index contributed by atoms with van der Waals surface area (Å²) in [4.78, 5) is 3.09. The van der Waals surface area contributed by atoms with Crippen molar-refractivity contribution in [2.24, 2.45) is 0 Å². The molecule has 0 radical (unpaired) electrons. The van der Waals surface area contributed by atoms with E-state index in [4.69, 9.17) is 6.57 Å². The molecular weight excluding hydrogens is 104 g/mol. The van der Waals surface area contributed by atoms with Crippen LogP contribution in [-0.2, 0) is 6.54 Å². The van der Waals surface area contributed by atoms with E-state index in [9.17, 15) is 0 Å². The minimum Gasteiger partial charge on any atom is -0.353 e. The largest absolute Gasteiger partial charge is 0.353 e. The first-order valence-electron chi connectivity index (χ1n) is 2.16. The lowest BCUT2D eigenvalue weighted by atomic mass is 10.5. The second kappa shape index (κ2) is 2.12. The zero-order chi connectivity index (χ0) is 5.82. The Bertz CT molecular complexity index is 185. The predicted octanol–water partition coefficient (Wildman–Crippen LogP) is 1.09. The Balaban J connectivity index is 2.67. The van der Waals surface area contributed by atoms with Gasteiger partial charge in [-0.05, 0) is 0 Å². The molecule has 0 saturated heterocycles. The summed E-state index contributed by atoms with van der Waals surface area (Å²) in [5.41, 5.74) is 0. The van der Waals surface area contributed by atoms with Gasteiger partial charge in [-0.2, -0.15) is 0 Å². The second-order valence-corrected chi connectivity index (χ2v) is 1.29. The topological polar surface area (TPSA) is 30.4 Å². The summed E-state index contributed by atoms with van der Waals surface area (Å²) in [5, 5.41) is 3.42. The summed E-state index contributed by atoms with van der Waals surface area (Å²) >= 11 is 0. The first-order valence-corrected chi connectivity index (χ1v) is 2.16. The van der Waals surface area contributed by atoms with Crippen molar-refractivity contribution in [2.45, 2.75) is 6.54 Å². The Morgan fingerprint density at radius 1 is 1.88 bits per heavy atom. The highest BCUT2D eigenvalue weighted by Crippen LogP contribution is 1.96. The highest BCUT2D eigenvalue weighted by atomic mass is 16.5. The molecule has 3 nitrogen and oxygen atoms in total. The van der Waals surface area contributed by atoms with Crippen molar-refractivity contribution in [3.63, 3.8) is 0 Å². The van der Waals surface area contributed by atoms with Crippen molar-refractivity contribution < 1.29 is 4.52 Å². The van der Waals surface area contributed by atoms with E-state index < -0.39 is 0 Å². The van der Waals surface area contributed by atoms with Crippen LogP contribution >= 0.6 is 0 Å². The van der Waals surface area contributed by atoms with Crippen molar-refractivity contribution >= 4 is 0 Å². The number of hydrogen-bond donors (Lipinski definition) is 0. The van der Waals surface area contributed by atoms with Gasteiger partial charge in [-0.1, -0.05) is 5.16 Å². The molecule has 0 aliphatic heterocycles. The zero-order valence-corrected chi connectivity index (χ0v) is 4.16. The quantitative estimate of drug-likeness (QED) is 0.504. The molecule has 0 aliphatic rings. The zero-order valence-electron chi connectivity index (χ0n) is 4.16. The lowest BCUT2D eigenvalue weighted by molar-refractivity contribution is 0.390. The number of aromatic nitrogens is 1. The minimum atomic E-state index is 0.292. The third-order valence-corrected chi connectivity index (χ3v) is 0.726. The van der Waals surface area contributed by atoms with Gasteiger partial charge in [0.2, 0.25) is 5.76 Å². The lowest BCUT2D eigenvalue weighted by Crippen LogP contribution is -1.67. The molecule has 0 aromatic carbocycles. The van der Waals surface area contributed by atoms with E-state index in [1.54, 1.807) is 6.07 Å². The van der Waals surface area contributed by atoms with Crippen LogP contribution in [0.5, 0.6) is 0 Å². The standard InChI is InChI=1S/C5H4N2O/c1-6-4-5-2-3-7-8-5/h2-3H,4H2. The molecule has 0 fully saturated rings. The molecule has 1 rings (SSSR count). The molecule has 0 spiro atoms. The van der Waals surface area contributed by atoms with Crippen molar-refractivity contribution in [3.05, 3.63) is 29.4 Å². The van der Waals surface area contributed by atoms with Gasteiger partial charge in [0.25, 0.3) is 6.54 Å². The third-order valence-electron chi connectivity index (χ3n) is 0.726. The molecular formula is C5H4N2O. The van der Waals surface area contributed by atoms with Crippen molar-refractivity contribution in [1.29, 1.82) is 0 Å². The van der Waals surface area contributed by atoms with E-state index in [0.717, 1.165) is 0 Å². The van der Waals surface area contributed by atoms with Gasteiger partial charge in [0.1, 0.15) is 0 Å². The summed E-state index contributed by atoms with van der Waals surface area (Å²) in [6.07, 6.45) is 1.53. The predicted molar refractivity (Wildman–Crippen MR) is 26.8 cm³/mol. The SMILES string of the molecule is [C-]#[N+]Cc1ccno1. The van der Waals surface area contributed by atoms with E-state index in [1.165, 1.54) is 6.20 Å². The first-order chi connectivity index (χ1) is 3.93. The molecule has 0 aliphatic carbocycles. The fourth-order valence-electron chi connectivity index (χ4n) is 0.402. The Kier molecular flexibility index (Phi) is 1.29. The average Bonchev–Trinajstić information content (AvgIpc) is 2.19. The van der Waals surface area contributed by atoms with Gasteiger partial charge in [0.05, 0.1) is 6.20 Å². The monoisotopic (exact) mass is 108 g/mol. The summed E-state index contributed by atoms with van der Waals surface area (Å²) < 4.78 is 4.61. The molecule has 40 valence electrons. The van der Waals surface area contributed by atoms with Gasteiger partial charge < -0.3 is 9.37 Å². The molecule has 0 bridgehead atoms. The average molecular weight is 108 g/mol. The fourth-order valence-corrected chi connectivity index (χ4v) is 0.402. The highest BCUT2D eigenvalue weighted by Gasteiger charge is 1.94. The lowest BCUT2D eigenvalue weighted by Gasteiger charge is -1.72. The fraction of sp³-hybridized carbons (Fsp3) is 0.200. The van der Waals surface area contributed by atoms with Gasteiger partial charge in [0.15, 0.2) is 0 Å². The van der Waals surface area contributed by atoms with Gasteiger partial charge in [-0.3, -0.25) is 0 Å². The van der Waals surface area contributed by atoms with E-state index in [0.29, 0.717) is 12.3 Å². The Hall–Kier alpha value is -1.30. The van der Waals surface area contributed by atoms with Crippen LogP contribution in [0.15, 0.2) is 16.8 Å². The molecule has 3 heteroatoms. The van der Waals surface area contributed by atoms with Gasteiger partial charge >= 0.3 is 0 Å². The third kappa shape index (κ3) is 0.850. The van der Waals surface area contributed by atoms with Crippen LogP contribution in [0, 0.1) is 6.57 Å². The molecule has 1 aromatic rings. The van der Waals surface area contributed by atoms with E-state index in [-0.39, 0.29) is 0 Å². The Labute approximate surface area is 46.7 Å². The molecule has 0 unspecified atom stereocenters. The van der Waals surface area contributed by atoms with Gasteiger partial charge in [-0.15, -0.1) is 0 Å². The molecule has 0 amide bonds.